The van der Waals surface area contributed by atoms with Gasteiger partial charge in [0, 0.05) is 18.5 Å². The minimum absolute atomic E-state index is 0.233. The summed E-state index contributed by atoms with van der Waals surface area (Å²) < 4.78 is 4.61. The van der Waals surface area contributed by atoms with Gasteiger partial charge in [0.25, 0.3) is 0 Å². The molecule has 0 aromatic carbocycles. The average Bonchev–Trinajstić information content (AvgIpc) is 2.20. The molecule has 16 heavy (non-hydrogen) atoms. The summed E-state index contributed by atoms with van der Waals surface area (Å²) in [5.74, 6) is -0.289. The molecule has 1 amide bonds. The number of esters is 1. The van der Waals surface area contributed by atoms with Crippen LogP contribution < -0.4 is 0 Å². The van der Waals surface area contributed by atoms with Crippen LogP contribution in [-0.4, -0.2) is 42.3 Å². The van der Waals surface area contributed by atoms with Gasteiger partial charge in [-0.15, -0.1) is 0 Å². The highest BCUT2D eigenvalue weighted by atomic mass is 16.5. The molecular weight excluding hydrogens is 210 g/mol. The number of carbonyl (C=O) groups excluding carboxylic acids is 1. The molecule has 1 rings (SSSR count). The number of methoxy groups -OCH3 is 1. The second kappa shape index (κ2) is 4.55. The van der Waals surface area contributed by atoms with Crippen LogP contribution in [0.15, 0.2) is 11.6 Å². The van der Waals surface area contributed by atoms with E-state index in [0.29, 0.717) is 13.1 Å². The summed E-state index contributed by atoms with van der Waals surface area (Å²) in [6.45, 7) is 4.60. The van der Waals surface area contributed by atoms with Crippen molar-refractivity contribution < 1.29 is 19.4 Å². The number of hydrogen-bond acceptors (Lipinski definition) is 3. The molecule has 0 spiro atoms. The van der Waals surface area contributed by atoms with Gasteiger partial charge in [-0.1, -0.05) is 25.5 Å². The summed E-state index contributed by atoms with van der Waals surface area (Å²) in [6.07, 6.45) is 1.10. The van der Waals surface area contributed by atoms with Crippen molar-refractivity contribution in [2.75, 3.05) is 20.2 Å². The van der Waals surface area contributed by atoms with Crippen LogP contribution in [0.4, 0.5) is 4.79 Å². The number of amides is 1. The van der Waals surface area contributed by atoms with Gasteiger partial charge in [-0.3, -0.25) is 4.79 Å². The van der Waals surface area contributed by atoms with Gasteiger partial charge in [0.2, 0.25) is 0 Å². The van der Waals surface area contributed by atoms with Crippen molar-refractivity contribution >= 4 is 12.1 Å². The van der Waals surface area contributed by atoms with Crippen LogP contribution in [0.3, 0.4) is 0 Å². The van der Waals surface area contributed by atoms with E-state index in [-0.39, 0.29) is 17.8 Å². The van der Waals surface area contributed by atoms with Crippen molar-refractivity contribution in [2.24, 2.45) is 5.41 Å². The highest BCUT2D eigenvalue weighted by Gasteiger charge is 2.32. The molecule has 1 aliphatic rings. The van der Waals surface area contributed by atoms with E-state index >= 15 is 0 Å². The third kappa shape index (κ3) is 2.74. The van der Waals surface area contributed by atoms with E-state index in [4.69, 9.17) is 5.11 Å². The summed E-state index contributed by atoms with van der Waals surface area (Å²) in [6, 6.07) is 0. The minimum atomic E-state index is -0.929. The van der Waals surface area contributed by atoms with Gasteiger partial charge in [0.05, 0.1) is 13.5 Å². The van der Waals surface area contributed by atoms with Gasteiger partial charge in [-0.2, -0.15) is 0 Å². The maximum absolute atomic E-state index is 11.2. The summed E-state index contributed by atoms with van der Waals surface area (Å²) in [4.78, 5) is 23.4. The fourth-order valence-corrected chi connectivity index (χ4v) is 1.82. The number of ether oxygens (including phenoxy) is 1. The maximum Gasteiger partial charge on any atom is 0.407 e. The second-order valence-electron chi connectivity index (χ2n) is 4.53. The number of rotatable bonds is 2. The van der Waals surface area contributed by atoms with E-state index < -0.39 is 6.09 Å². The molecule has 5 nitrogen and oxygen atoms in total. The third-order valence-electron chi connectivity index (χ3n) is 2.85. The van der Waals surface area contributed by atoms with Crippen LogP contribution in [0.25, 0.3) is 0 Å². The zero-order valence-corrected chi connectivity index (χ0v) is 9.82. The van der Waals surface area contributed by atoms with Gasteiger partial charge >= 0.3 is 12.1 Å². The molecule has 0 aliphatic carbocycles. The van der Waals surface area contributed by atoms with Gasteiger partial charge < -0.3 is 14.7 Å². The Balaban J connectivity index is 2.79. The van der Waals surface area contributed by atoms with Crippen LogP contribution in [-0.2, 0) is 9.53 Å². The van der Waals surface area contributed by atoms with Crippen molar-refractivity contribution in [3.8, 4) is 0 Å². The molecule has 1 aliphatic heterocycles. The van der Waals surface area contributed by atoms with Crippen molar-refractivity contribution in [1.82, 2.24) is 4.90 Å². The summed E-state index contributed by atoms with van der Waals surface area (Å²) in [5.41, 5.74) is 0.627. The van der Waals surface area contributed by atoms with Crippen LogP contribution >= 0.6 is 0 Å². The minimum Gasteiger partial charge on any atom is -0.469 e. The Kier molecular flexibility index (Phi) is 3.57. The second-order valence-corrected chi connectivity index (χ2v) is 4.53. The molecule has 0 bridgehead atoms. The lowest BCUT2D eigenvalue weighted by molar-refractivity contribution is -0.140. The molecule has 0 aromatic heterocycles. The number of carboxylic acid groups (broad SMARTS) is 1. The number of carbonyl (C=O) groups is 2. The van der Waals surface area contributed by atoms with Gasteiger partial charge in [0.1, 0.15) is 0 Å². The van der Waals surface area contributed by atoms with E-state index in [1.54, 1.807) is 6.08 Å². The molecule has 1 N–H and O–H groups in total. The highest BCUT2D eigenvalue weighted by Crippen LogP contribution is 2.33. The fourth-order valence-electron chi connectivity index (χ4n) is 1.82. The standard InChI is InChI=1S/C11H17NO4/c1-11(2)7-12(10(14)15)5-4-8(11)6-9(13)16-3/h4H,5-7H2,1-3H3,(H,14,15). The molecule has 5 heteroatoms. The molecule has 0 unspecified atom stereocenters. The molecule has 90 valence electrons. The van der Waals surface area contributed by atoms with Crippen LogP contribution in [0.1, 0.15) is 20.3 Å². The lowest BCUT2D eigenvalue weighted by Gasteiger charge is -2.37. The van der Waals surface area contributed by atoms with Crippen LogP contribution in [0, 0.1) is 5.41 Å². The van der Waals surface area contributed by atoms with E-state index in [2.05, 4.69) is 4.74 Å². The van der Waals surface area contributed by atoms with Crippen molar-refractivity contribution in [3.05, 3.63) is 11.6 Å². The van der Waals surface area contributed by atoms with Crippen LogP contribution in [0.5, 0.6) is 0 Å². The molecule has 0 fully saturated rings. The SMILES string of the molecule is COC(=O)CC1=CCN(C(=O)O)CC1(C)C. The van der Waals surface area contributed by atoms with Gasteiger partial charge in [-0.05, 0) is 0 Å². The van der Waals surface area contributed by atoms with Gasteiger partial charge in [0.15, 0.2) is 0 Å². The largest absolute Gasteiger partial charge is 0.469 e. The smallest absolute Gasteiger partial charge is 0.407 e. The van der Waals surface area contributed by atoms with Crippen molar-refractivity contribution in [2.45, 2.75) is 20.3 Å². The third-order valence-corrected chi connectivity index (χ3v) is 2.85. The average molecular weight is 227 g/mol. The number of nitrogens with zero attached hydrogens (tertiary/aromatic N) is 1. The molecule has 0 atom stereocenters. The molecule has 0 saturated heterocycles. The predicted octanol–water partition coefficient (Wildman–Crippen LogP) is 1.50. The summed E-state index contributed by atoms with van der Waals surface area (Å²) >= 11 is 0. The first-order valence-corrected chi connectivity index (χ1v) is 5.11. The number of hydrogen-bond donors (Lipinski definition) is 1. The van der Waals surface area contributed by atoms with Crippen LogP contribution in [0.2, 0.25) is 0 Å². The lowest BCUT2D eigenvalue weighted by Crippen LogP contribution is -2.43. The maximum atomic E-state index is 11.2. The highest BCUT2D eigenvalue weighted by molar-refractivity contribution is 5.73. The molecule has 0 radical (unpaired) electrons. The Bertz CT molecular complexity index is 333. The summed E-state index contributed by atoms with van der Waals surface area (Å²) in [7, 11) is 1.35. The zero-order chi connectivity index (χ0) is 12.3. The molecule has 0 saturated carbocycles. The van der Waals surface area contributed by atoms with E-state index in [1.807, 2.05) is 13.8 Å². The molecule has 0 aromatic rings. The first-order valence-electron chi connectivity index (χ1n) is 5.11. The zero-order valence-electron chi connectivity index (χ0n) is 9.82. The normalized spacial score (nSPS) is 18.9. The first-order chi connectivity index (χ1) is 7.36. The Morgan fingerprint density at radius 3 is 2.62 bits per heavy atom. The predicted molar refractivity (Wildman–Crippen MR) is 58.1 cm³/mol. The molecule has 1 heterocycles. The van der Waals surface area contributed by atoms with E-state index in [1.165, 1.54) is 12.0 Å². The van der Waals surface area contributed by atoms with E-state index in [0.717, 1.165) is 5.57 Å². The topological polar surface area (TPSA) is 66.8 Å². The van der Waals surface area contributed by atoms with Crippen molar-refractivity contribution in [1.29, 1.82) is 0 Å². The lowest BCUT2D eigenvalue weighted by atomic mass is 9.79. The Morgan fingerprint density at radius 2 is 2.19 bits per heavy atom. The Morgan fingerprint density at radius 1 is 1.56 bits per heavy atom. The summed E-state index contributed by atoms with van der Waals surface area (Å²) in [5, 5.41) is 8.89. The monoisotopic (exact) mass is 227 g/mol. The Hall–Kier alpha value is -1.52. The Labute approximate surface area is 94.7 Å². The van der Waals surface area contributed by atoms with Gasteiger partial charge in [-0.25, -0.2) is 4.79 Å². The molecular formula is C11H17NO4. The van der Waals surface area contributed by atoms with Crippen molar-refractivity contribution in [3.63, 3.8) is 0 Å². The quantitative estimate of drug-likeness (QED) is 0.573. The fraction of sp³-hybridized carbons (Fsp3) is 0.636. The van der Waals surface area contributed by atoms with E-state index in [9.17, 15) is 9.59 Å². The first kappa shape index (κ1) is 12.5.